The van der Waals surface area contributed by atoms with E-state index in [0.717, 1.165) is 53.6 Å². The Kier molecular flexibility index (Phi) is 14.4. The van der Waals surface area contributed by atoms with Crippen LogP contribution in [0.25, 0.3) is 0 Å². The Morgan fingerprint density at radius 1 is 0.537 bits per heavy atom. The second kappa shape index (κ2) is 14.4. The number of hydrogen-bond donors (Lipinski definition) is 0. The van der Waals surface area contributed by atoms with Crippen molar-refractivity contribution in [3.63, 3.8) is 0 Å². The van der Waals surface area contributed by atoms with Crippen molar-refractivity contribution < 1.29 is 4.74 Å². The van der Waals surface area contributed by atoms with E-state index in [9.17, 15) is 0 Å². The largest absolute Gasteiger partial charge is 2.00 e. The summed E-state index contributed by atoms with van der Waals surface area (Å²) < 4.78 is 5.06. The van der Waals surface area contributed by atoms with Crippen molar-refractivity contribution in [1.29, 1.82) is 0 Å². The zero-order valence-electron chi connectivity index (χ0n) is 30.6. The van der Waals surface area contributed by atoms with E-state index in [-0.39, 0.29) is 81.4 Å². The topological polar surface area (TPSA) is 63.2 Å². The van der Waals surface area contributed by atoms with Crippen LogP contribution in [-0.4, -0.2) is 72.1 Å². The Balaban J connectivity index is 0.000000635. The average molecular weight is 694 g/mol. The fourth-order valence-electron chi connectivity index (χ4n) is 4.10. The zero-order valence-corrected chi connectivity index (χ0v) is 35.0. The first-order valence-electron chi connectivity index (χ1n) is 15.3. The van der Waals surface area contributed by atoms with Gasteiger partial charge in [0.25, 0.3) is 0 Å². The van der Waals surface area contributed by atoms with Crippen molar-refractivity contribution in [3.05, 3.63) is 34.4 Å². The summed E-state index contributed by atoms with van der Waals surface area (Å²) in [6.45, 7) is 43.7. The van der Waals surface area contributed by atoms with Crippen LogP contribution >= 0.6 is 0 Å². The molecule has 0 aliphatic carbocycles. The molecule has 0 radical (unpaired) electrons. The minimum Gasteiger partial charge on any atom is -0.442 e. The molecule has 6 heteroatoms. The summed E-state index contributed by atoms with van der Waals surface area (Å²) in [6, 6.07) is 0. The van der Waals surface area contributed by atoms with Gasteiger partial charge in [-0.1, -0.05) is 166 Å². The van der Waals surface area contributed by atoms with Crippen LogP contribution in [0.2, 0.25) is 0 Å². The van der Waals surface area contributed by atoms with Crippen LogP contribution in [0.15, 0.2) is 0 Å². The number of hydrogen-bond acceptors (Lipinski definition) is 3. The third-order valence-corrected chi connectivity index (χ3v) is 6.66. The van der Waals surface area contributed by atoms with Crippen LogP contribution in [0.1, 0.15) is 172 Å². The Hall–Kier alpha value is -0.0486. The summed E-state index contributed by atoms with van der Waals surface area (Å²) in [5, 5.41) is 0. The SMILES string of the molecule is CC(C)(C)c1nc(C(C)(C)C)c(C(C)(C)C)[n-]1.CC(C)(C)c1nc(C(C)(C)C)c(C(C)(C)C)[n-]1.CC1CCOC1.[Ba+2]. The van der Waals surface area contributed by atoms with E-state index in [0.29, 0.717) is 0 Å². The van der Waals surface area contributed by atoms with Gasteiger partial charge in [0.05, 0.1) is 0 Å². The predicted molar refractivity (Wildman–Crippen MR) is 178 cm³/mol. The van der Waals surface area contributed by atoms with E-state index < -0.39 is 0 Å². The summed E-state index contributed by atoms with van der Waals surface area (Å²) >= 11 is 0. The Bertz CT molecular complexity index is 919. The molecule has 1 unspecified atom stereocenters. The Morgan fingerprint density at radius 3 is 0.976 bits per heavy atom. The predicted octanol–water partition coefficient (Wildman–Crippen LogP) is 8.52. The monoisotopic (exact) mass is 694 g/mol. The van der Waals surface area contributed by atoms with Gasteiger partial charge in [-0.3, -0.25) is 0 Å². The van der Waals surface area contributed by atoms with Gasteiger partial charge in [-0.25, -0.2) is 0 Å². The van der Waals surface area contributed by atoms with Crippen molar-refractivity contribution in [3.8, 4) is 0 Å². The van der Waals surface area contributed by atoms with Gasteiger partial charge in [-0.05, 0) is 44.8 Å². The molecule has 2 aromatic rings. The maximum atomic E-state index is 5.06. The van der Waals surface area contributed by atoms with E-state index in [2.05, 4.69) is 132 Å². The molecule has 5 nitrogen and oxygen atoms in total. The maximum absolute atomic E-state index is 5.06. The zero-order chi connectivity index (χ0) is 31.7. The molecule has 0 bridgehead atoms. The normalized spacial score (nSPS) is 16.8. The van der Waals surface area contributed by atoms with E-state index >= 15 is 0 Å². The fraction of sp³-hybridized carbons (Fsp3) is 0.829. The quantitative estimate of drug-likeness (QED) is 0.259. The molecule has 232 valence electrons. The first-order chi connectivity index (χ1) is 17.6. The summed E-state index contributed by atoms with van der Waals surface area (Å²) in [5.41, 5.74) is 4.85. The van der Waals surface area contributed by atoms with Crippen molar-refractivity contribution in [2.24, 2.45) is 5.92 Å². The van der Waals surface area contributed by atoms with Crippen molar-refractivity contribution in [2.75, 3.05) is 13.2 Å². The molecule has 0 spiro atoms. The molecule has 1 aliphatic rings. The number of imidazole rings is 2. The molecule has 1 aliphatic heterocycles. The summed E-state index contributed by atoms with van der Waals surface area (Å²) in [5.74, 6) is 2.75. The molecule has 0 saturated carbocycles. The van der Waals surface area contributed by atoms with Crippen LogP contribution in [0.3, 0.4) is 0 Å². The molecule has 1 fully saturated rings. The van der Waals surface area contributed by atoms with Gasteiger partial charge >= 0.3 is 48.9 Å². The first-order valence-corrected chi connectivity index (χ1v) is 15.3. The summed E-state index contributed by atoms with van der Waals surface area (Å²) in [6.07, 6.45) is 1.26. The third-order valence-electron chi connectivity index (χ3n) is 6.66. The minimum atomic E-state index is 0. The molecule has 0 N–H and O–H groups in total. The van der Waals surface area contributed by atoms with Gasteiger partial charge in [-0.15, -0.1) is 0 Å². The van der Waals surface area contributed by atoms with Crippen LogP contribution < -0.4 is 9.97 Å². The van der Waals surface area contributed by atoms with Crippen LogP contribution in [0.4, 0.5) is 0 Å². The van der Waals surface area contributed by atoms with Crippen molar-refractivity contribution in [1.82, 2.24) is 19.9 Å². The molecule has 3 heterocycles. The average Bonchev–Trinajstić information content (AvgIpc) is 3.44. The Morgan fingerprint density at radius 2 is 0.854 bits per heavy atom. The van der Waals surface area contributed by atoms with Gasteiger partial charge in [0.2, 0.25) is 0 Å². The summed E-state index contributed by atoms with van der Waals surface area (Å²) in [7, 11) is 0. The van der Waals surface area contributed by atoms with Gasteiger partial charge in [-0.2, -0.15) is 0 Å². The maximum Gasteiger partial charge on any atom is 2.00 e. The smallest absolute Gasteiger partial charge is 0.442 e. The molecule has 1 saturated heterocycles. The minimum absolute atomic E-state index is 0. The molecule has 2 aromatic heterocycles. The number of nitrogens with zero attached hydrogens (tertiary/aromatic N) is 4. The van der Waals surface area contributed by atoms with Crippen LogP contribution in [0, 0.1) is 5.92 Å². The third kappa shape index (κ3) is 12.8. The van der Waals surface area contributed by atoms with Crippen molar-refractivity contribution >= 4 is 48.9 Å². The number of aromatic nitrogens is 4. The molecular weight excluding hydrogens is 630 g/mol. The van der Waals surface area contributed by atoms with E-state index in [1.807, 2.05) is 0 Å². The van der Waals surface area contributed by atoms with Crippen LogP contribution in [0.5, 0.6) is 0 Å². The van der Waals surface area contributed by atoms with Gasteiger partial charge in [0, 0.05) is 13.2 Å². The molecular formula is C35H64BaN4O. The number of rotatable bonds is 0. The van der Waals surface area contributed by atoms with E-state index in [4.69, 9.17) is 24.7 Å². The molecule has 3 rings (SSSR count). The second-order valence-corrected chi connectivity index (χ2v) is 18.0. The van der Waals surface area contributed by atoms with Crippen LogP contribution in [-0.2, 0) is 37.2 Å². The molecule has 1 atom stereocenters. The Labute approximate surface area is 295 Å². The molecule has 0 amide bonds. The van der Waals surface area contributed by atoms with Crippen molar-refractivity contribution in [2.45, 2.75) is 170 Å². The first kappa shape index (κ1) is 41.0. The van der Waals surface area contributed by atoms with E-state index in [1.54, 1.807) is 0 Å². The van der Waals surface area contributed by atoms with Gasteiger partial charge in [0.15, 0.2) is 0 Å². The van der Waals surface area contributed by atoms with E-state index in [1.165, 1.54) is 6.42 Å². The number of ether oxygens (including phenoxy) is 1. The molecule has 41 heavy (non-hydrogen) atoms. The fourth-order valence-corrected chi connectivity index (χ4v) is 4.10. The summed E-state index contributed by atoms with van der Waals surface area (Å²) in [4.78, 5) is 19.2. The molecule has 0 aromatic carbocycles. The standard InChI is InChI=1S/2C15H27N2.C5H10O.Ba/c2*1-13(2,3)10-11(14(4,5)6)17-12(16-10)15(7,8)9;1-5-2-3-6-4-5;/h2*1-9H3;5H,2-4H2,1H3;/q2*-1;;+2. The van der Waals surface area contributed by atoms with Gasteiger partial charge in [0.1, 0.15) is 0 Å². The van der Waals surface area contributed by atoms with Gasteiger partial charge < -0.3 is 24.7 Å². The second-order valence-electron chi connectivity index (χ2n) is 18.0.